The maximum Gasteiger partial charge on any atom is 0.319 e. The molecule has 1 heterocycles. The first-order chi connectivity index (χ1) is 15.0. The van der Waals surface area contributed by atoms with Crippen LogP contribution in [0.2, 0.25) is 10.0 Å². The quantitative estimate of drug-likeness (QED) is 0.545. The minimum absolute atomic E-state index is 0.0412. The van der Waals surface area contributed by atoms with Crippen LogP contribution >= 0.6 is 23.2 Å². The summed E-state index contributed by atoms with van der Waals surface area (Å²) in [4.78, 5) is 14.5. The van der Waals surface area contributed by atoms with Crippen LogP contribution in [-0.2, 0) is 0 Å². The number of hydrogen-bond donors (Lipinski definition) is 3. The number of likely N-dealkylation sites (tertiary alicyclic amines) is 1. The van der Waals surface area contributed by atoms with Gasteiger partial charge < -0.3 is 30.1 Å². The SMILES string of the molecule is COc1ccccc1OCC(O)CN1CCC(NC(=O)Nc2c(Cl)cccc2Cl)CC1. The van der Waals surface area contributed by atoms with Crippen LogP contribution in [0.3, 0.4) is 0 Å². The van der Waals surface area contributed by atoms with E-state index in [0.29, 0.717) is 33.8 Å². The van der Waals surface area contributed by atoms with E-state index in [1.807, 2.05) is 24.3 Å². The van der Waals surface area contributed by atoms with E-state index in [9.17, 15) is 9.90 Å². The maximum absolute atomic E-state index is 12.3. The van der Waals surface area contributed by atoms with E-state index in [2.05, 4.69) is 15.5 Å². The van der Waals surface area contributed by atoms with Gasteiger partial charge in [0.25, 0.3) is 0 Å². The van der Waals surface area contributed by atoms with Crippen molar-refractivity contribution in [1.82, 2.24) is 10.2 Å². The van der Waals surface area contributed by atoms with E-state index < -0.39 is 6.10 Å². The molecule has 0 aliphatic carbocycles. The number of piperidine rings is 1. The van der Waals surface area contributed by atoms with Crippen molar-refractivity contribution >= 4 is 34.9 Å². The highest BCUT2D eigenvalue weighted by molar-refractivity contribution is 6.39. The highest BCUT2D eigenvalue weighted by atomic mass is 35.5. The molecule has 31 heavy (non-hydrogen) atoms. The predicted octanol–water partition coefficient (Wildman–Crippen LogP) is 4.03. The Labute approximate surface area is 192 Å². The number of para-hydroxylation sites is 3. The third kappa shape index (κ3) is 6.90. The van der Waals surface area contributed by atoms with Gasteiger partial charge in [0, 0.05) is 25.7 Å². The van der Waals surface area contributed by atoms with Gasteiger partial charge in [-0.05, 0) is 37.1 Å². The summed E-state index contributed by atoms with van der Waals surface area (Å²) in [5.74, 6) is 1.24. The molecular weight excluding hydrogens is 441 g/mol. The fourth-order valence-corrected chi connectivity index (χ4v) is 3.98. The molecule has 0 saturated carbocycles. The lowest BCUT2D eigenvalue weighted by Gasteiger charge is -2.33. The number of rotatable bonds is 8. The lowest BCUT2D eigenvalue weighted by Crippen LogP contribution is -2.48. The summed E-state index contributed by atoms with van der Waals surface area (Å²) in [5.41, 5.74) is 0.402. The number of hydrogen-bond acceptors (Lipinski definition) is 5. The second-order valence-corrected chi connectivity index (χ2v) is 8.20. The first-order valence-electron chi connectivity index (χ1n) is 10.1. The van der Waals surface area contributed by atoms with Gasteiger partial charge >= 0.3 is 6.03 Å². The van der Waals surface area contributed by atoms with Gasteiger partial charge in [-0.25, -0.2) is 4.79 Å². The number of amides is 2. The van der Waals surface area contributed by atoms with E-state index in [4.69, 9.17) is 32.7 Å². The van der Waals surface area contributed by atoms with Crippen LogP contribution in [0.5, 0.6) is 11.5 Å². The lowest BCUT2D eigenvalue weighted by molar-refractivity contribution is 0.0576. The third-order valence-corrected chi connectivity index (χ3v) is 5.72. The van der Waals surface area contributed by atoms with Gasteiger partial charge in [-0.3, -0.25) is 0 Å². The molecular formula is C22H27Cl2N3O4. The van der Waals surface area contributed by atoms with E-state index in [1.54, 1.807) is 25.3 Å². The Kier molecular flexibility index (Phi) is 8.66. The molecule has 3 N–H and O–H groups in total. The molecule has 1 unspecified atom stereocenters. The number of anilines is 1. The number of nitrogens with zero attached hydrogens (tertiary/aromatic N) is 1. The monoisotopic (exact) mass is 467 g/mol. The summed E-state index contributed by atoms with van der Waals surface area (Å²) in [7, 11) is 1.58. The van der Waals surface area contributed by atoms with Crippen LogP contribution in [0.4, 0.5) is 10.5 Å². The summed E-state index contributed by atoms with van der Waals surface area (Å²) >= 11 is 12.2. The fourth-order valence-electron chi connectivity index (χ4n) is 3.49. The van der Waals surface area contributed by atoms with Gasteiger partial charge in [0.1, 0.15) is 12.7 Å². The highest BCUT2D eigenvalue weighted by Crippen LogP contribution is 2.29. The van der Waals surface area contributed by atoms with Crippen LogP contribution < -0.4 is 20.1 Å². The molecule has 1 aliphatic rings. The topological polar surface area (TPSA) is 83.1 Å². The molecule has 3 rings (SSSR count). The summed E-state index contributed by atoms with van der Waals surface area (Å²) in [5, 5.41) is 16.8. The molecule has 0 aromatic heterocycles. The molecule has 7 nitrogen and oxygen atoms in total. The zero-order valence-corrected chi connectivity index (χ0v) is 18.8. The minimum atomic E-state index is -0.625. The molecule has 1 fully saturated rings. The number of β-amino-alcohol motifs (C(OH)–C–C–N with tert-alkyl or cyclic N) is 1. The standard InChI is InChI=1S/C22H27Cl2N3O4/c1-30-19-7-2-3-8-20(19)31-14-16(28)13-27-11-9-15(10-12-27)25-22(29)26-21-17(23)5-4-6-18(21)24/h2-8,15-16,28H,9-14H2,1H3,(H2,25,26,29). The Morgan fingerprint density at radius 1 is 1.13 bits per heavy atom. The zero-order chi connectivity index (χ0) is 22.2. The normalized spacial score (nSPS) is 15.9. The maximum atomic E-state index is 12.3. The second-order valence-electron chi connectivity index (χ2n) is 7.39. The number of aliphatic hydroxyl groups is 1. The molecule has 0 spiro atoms. The van der Waals surface area contributed by atoms with Crippen molar-refractivity contribution < 1.29 is 19.4 Å². The number of nitrogens with one attached hydrogen (secondary N) is 2. The van der Waals surface area contributed by atoms with Crippen molar-refractivity contribution in [3.63, 3.8) is 0 Å². The number of carbonyl (C=O) groups is 1. The Bertz CT molecular complexity index is 855. The van der Waals surface area contributed by atoms with Gasteiger partial charge in [0.15, 0.2) is 11.5 Å². The van der Waals surface area contributed by atoms with Crippen molar-refractivity contribution in [1.29, 1.82) is 0 Å². The molecule has 1 aliphatic heterocycles. The average molecular weight is 468 g/mol. The van der Waals surface area contributed by atoms with Gasteiger partial charge in [-0.15, -0.1) is 0 Å². The third-order valence-electron chi connectivity index (χ3n) is 5.09. The zero-order valence-electron chi connectivity index (χ0n) is 17.3. The number of urea groups is 1. The van der Waals surface area contributed by atoms with Gasteiger partial charge in [0.2, 0.25) is 0 Å². The van der Waals surface area contributed by atoms with Crippen LogP contribution in [0.1, 0.15) is 12.8 Å². The molecule has 0 bridgehead atoms. The molecule has 1 saturated heterocycles. The first-order valence-corrected chi connectivity index (χ1v) is 10.9. The fraction of sp³-hybridized carbons (Fsp3) is 0.409. The van der Waals surface area contributed by atoms with Crippen LogP contribution in [0.15, 0.2) is 42.5 Å². The number of halogens is 2. The Morgan fingerprint density at radius 2 is 1.77 bits per heavy atom. The number of aliphatic hydroxyl groups excluding tert-OH is 1. The van der Waals surface area contributed by atoms with E-state index in [0.717, 1.165) is 25.9 Å². The average Bonchev–Trinajstić information content (AvgIpc) is 2.76. The van der Waals surface area contributed by atoms with Crippen LogP contribution in [0, 0.1) is 0 Å². The summed E-state index contributed by atoms with van der Waals surface area (Å²) in [6.45, 7) is 2.22. The molecule has 9 heteroatoms. The van der Waals surface area contributed by atoms with Crippen molar-refractivity contribution in [2.75, 3.05) is 38.7 Å². The summed E-state index contributed by atoms with van der Waals surface area (Å²) in [6.07, 6.45) is 0.938. The van der Waals surface area contributed by atoms with E-state index in [1.165, 1.54) is 0 Å². The van der Waals surface area contributed by atoms with E-state index >= 15 is 0 Å². The first kappa shape index (κ1) is 23.5. The molecule has 2 aromatic carbocycles. The Balaban J connectivity index is 1.38. The number of benzene rings is 2. The molecule has 0 radical (unpaired) electrons. The molecule has 2 amide bonds. The van der Waals surface area contributed by atoms with Crippen LogP contribution in [-0.4, -0.2) is 61.5 Å². The van der Waals surface area contributed by atoms with Gasteiger partial charge in [-0.2, -0.15) is 0 Å². The number of methoxy groups -OCH3 is 1. The van der Waals surface area contributed by atoms with Crippen molar-refractivity contribution in [2.45, 2.75) is 25.0 Å². The largest absolute Gasteiger partial charge is 0.493 e. The number of ether oxygens (including phenoxy) is 2. The molecule has 2 aromatic rings. The van der Waals surface area contributed by atoms with Crippen molar-refractivity contribution in [3.05, 3.63) is 52.5 Å². The van der Waals surface area contributed by atoms with Crippen molar-refractivity contribution in [2.24, 2.45) is 0 Å². The molecule has 1 atom stereocenters. The van der Waals surface area contributed by atoms with E-state index in [-0.39, 0.29) is 18.7 Å². The Hall–Kier alpha value is -2.19. The minimum Gasteiger partial charge on any atom is -0.493 e. The lowest BCUT2D eigenvalue weighted by atomic mass is 10.0. The summed E-state index contributed by atoms with van der Waals surface area (Å²) in [6, 6.07) is 12.1. The van der Waals surface area contributed by atoms with Gasteiger partial charge in [0.05, 0.1) is 22.8 Å². The summed E-state index contributed by atoms with van der Waals surface area (Å²) < 4.78 is 10.9. The smallest absolute Gasteiger partial charge is 0.319 e. The predicted molar refractivity (Wildman–Crippen MR) is 123 cm³/mol. The van der Waals surface area contributed by atoms with Gasteiger partial charge in [-0.1, -0.05) is 41.4 Å². The Morgan fingerprint density at radius 3 is 2.42 bits per heavy atom. The highest BCUT2D eigenvalue weighted by Gasteiger charge is 2.23. The molecule has 168 valence electrons. The second kappa shape index (κ2) is 11.4. The number of carbonyl (C=O) groups excluding carboxylic acids is 1. The van der Waals surface area contributed by atoms with Crippen molar-refractivity contribution in [3.8, 4) is 11.5 Å². The van der Waals surface area contributed by atoms with Crippen LogP contribution in [0.25, 0.3) is 0 Å².